The van der Waals surface area contributed by atoms with E-state index in [4.69, 9.17) is 0 Å². The maximum atomic E-state index is 11.7. The number of ether oxygens (including phenoxy) is 1. The van der Waals surface area contributed by atoms with E-state index in [0.29, 0.717) is 12.8 Å². The van der Waals surface area contributed by atoms with Crippen molar-refractivity contribution in [2.45, 2.75) is 19.8 Å². The monoisotopic (exact) mass is 300 g/mol. The Morgan fingerprint density at radius 2 is 2.05 bits per heavy atom. The third kappa shape index (κ3) is 4.61. The first-order chi connectivity index (χ1) is 9.39. The van der Waals surface area contributed by atoms with Gasteiger partial charge in [-0.3, -0.25) is 4.79 Å². The normalized spacial score (nSPS) is 10.9. The number of hydrogen-bond acceptors (Lipinski definition) is 6. The van der Waals surface area contributed by atoms with Crippen molar-refractivity contribution in [2.24, 2.45) is 0 Å². The molecule has 7 nitrogen and oxygen atoms in total. The summed E-state index contributed by atoms with van der Waals surface area (Å²) in [6.45, 7) is 1.85. The lowest BCUT2D eigenvalue weighted by Crippen LogP contribution is -2.32. The number of esters is 1. The fourth-order valence-corrected chi connectivity index (χ4v) is 2.51. The van der Waals surface area contributed by atoms with Gasteiger partial charge < -0.3 is 4.74 Å². The van der Waals surface area contributed by atoms with Gasteiger partial charge in [-0.15, -0.1) is 0 Å². The summed E-state index contributed by atoms with van der Waals surface area (Å²) in [4.78, 5) is 26.6. The van der Waals surface area contributed by atoms with Crippen molar-refractivity contribution in [3.63, 3.8) is 0 Å². The van der Waals surface area contributed by atoms with Crippen LogP contribution in [0.25, 0.3) is 0 Å². The highest BCUT2D eigenvalue weighted by Gasteiger charge is 2.16. The Bertz CT molecular complexity index is 580. The van der Waals surface area contributed by atoms with E-state index in [1.807, 2.05) is 11.6 Å². The predicted octanol–water partition coefficient (Wildman–Crippen LogP) is 0.728. The number of aromatic nitrogens is 1. The van der Waals surface area contributed by atoms with E-state index in [0.717, 1.165) is 6.20 Å². The van der Waals surface area contributed by atoms with Crippen LogP contribution in [0.4, 0.5) is 0 Å². The number of sulfonamides is 1. The Morgan fingerprint density at radius 3 is 2.55 bits per heavy atom. The van der Waals surface area contributed by atoms with Gasteiger partial charge in [0.2, 0.25) is 10.0 Å². The minimum absolute atomic E-state index is 0.0397. The lowest BCUT2D eigenvalue weighted by atomic mass is 10.2. The largest absolute Gasteiger partial charge is 0.464 e. The average Bonchev–Trinajstić information content (AvgIpc) is 2.44. The number of hydrogen-bond donors (Lipinski definition) is 1. The van der Waals surface area contributed by atoms with Crippen molar-refractivity contribution < 1.29 is 22.7 Å². The maximum Gasteiger partial charge on any atom is 0.356 e. The van der Waals surface area contributed by atoms with E-state index in [1.165, 1.54) is 19.2 Å². The van der Waals surface area contributed by atoms with Gasteiger partial charge >= 0.3 is 5.97 Å². The number of nitrogens with one attached hydrogen (secondary N) is 1. The summed E-state index contributed by atoms with van der Waals surface area (Å²) in [6.07, 6.45) is 2.31. The number of amides is 1. The zero-order valence-electron chi connectivity index (χ0n) is 11.3. The summed E-state index contributed by atoms with van der Waals surface area (Å²) in [6, 6.07) is 2.60. The topological polar surface area (TPSA) is 102 Å². The molecular weight excluding hydrogens is 284 g/mol. The van der Waals surface area contributed by atoms with Crippen molar-refractivity contribution in [1.29, 1.82) is 0 Å². The quantitative estimate of drug-likeness (QED) is 0.777. The second-order valence-electron chi connectivity index (χ2n) is 4.03. The van der Waals surface area contributed by atoms with E-state index in [-0.39, 0.29) is 17.0 Å². The number of unbranched alkanes of at least 4 members (excludes halogenated alkanes) is 1. The molecule has 0 radical (unpaired) electrons. The molecule has 110 valence electrons. The van der Waals surface area contributed by atoms with Crippen LogP contribution in [0.1, 0.15) is 40.6 Å². The van der Waals surface area contributed by atoms with Crippen molar-refractivity contribution >= 4 is 21.9 Å². The fraction of sp³-hybridized carbons (Fsp3) is 0.417. The van der Waals surface area contributed by atoms with Gasteiger partial charge in [0.15, 0.2) is 0 Å². The van der Waals surface area contributed by atoms with Gasteiger partial charge in [-0.05, 0) is 18.6 Å². The Labute approximate surface area is 117 Å². The Balaban J connectivity index is 2.76. The van der Waals surface area contributed by atoms with Gasteiger partial charge in [0.1, 0.15) is 5.69 Å². The number of nitrogens with zero attached hydrogens (tertiary/aromatic N) is 1. The standard InChI is InChI=1S/C12H16N2O5S/c1-3-4-7-20(17,18)14-11(15)9-5-6-10(13-8-9)12(16)19-2/h5-6,8H,3-4,7H2,1-2H3,(H,14,15). The molecule has 0 aliphatic carbocycles. The van der Waals surface area contributed by atoms with Gasteiger partial charge in [0.25, 0.3) is 5.91 Å². The number of carbonyl (C=O) groups is 2. The van der Waals surface area contributed by atoms with E-state index in [2.05, 4.69) is 9.72 Å². The molecular formula is C12H16N2O5S. The minimum Gasteiger partial charge on any atom is -0.464 e. The number of rotatable bonds is 6. The highest BCUT2D eigenvalue weighted by Crippen LogP contribution is 2.03. The van der Waals surface area contributed by atoms with Crippen molar-refractivity contribution in [2.75, 3.05) is 12.9 Å². The SMILES string of the molecule is CCCCS(=O)(=O)NC(=O)c1ccc(C(=O)OC)nc1. The van der Waals surface area contributed by atoms with Crippen LogP contribution in [-0.2, 0) is 14.8 Å². The van der Waals surface area contributed by atoms with Crippen LogP contribution in [0.3, 0.4) is 0 Å². The van der Waals surface area contributed by atoms with Crippen molar-refractivity contribution in [3.8, 4) is 0 Å². The summed E-state index contributed by atoms with van der Waals surface area (Å²) in [5.74, 6) is -1.51. The molecule has 1 amide bonds. The van der Waals surface area contributed by atoms with E-state index >= 15 is 0 Å². The summed E-state index contributed by atoms with van der Waals surface area (Å²) in [7, 11) is -2.43. The average molecular weight is 300 g/mol. The van der Waals surface area contributed by atoms with Crippen LogP contribution in [-0.4, -0.2) is 38.1 Å². The molecule has 0 fully saturated rings. The zero-order valence-corrected chi connectivity index (χ0v) is 12.1. The van der Waals surface area contributed by atoms with Crippen LogP contribution in [0, 0.1) is 0 Å². The third-order valence-electron chi connectivity index (χ3n) is 2.44. The van der Waals surface area contributed by atoms with E-state index in [9.17, 15) is 18.0 Å². The van der Waals surface area contributed by atoms with Gasteiger partial charge in [-0.1, -0.05) is 13.3 Å². The molecule has 0 spiro atoms. The Hall–Kier alpha value is -1.96. The van der Waals surface area contributed by atoms with Gasteiger partial charge in [-0.25, -0.2) is 22.9 Å². The Morgan fingerprint density at radius 1 is 1.35 bits per heavy atom. The molecule has 1 aromatic rings. The van der Waals surface area contributed by atoms with Crippen LogP contribution >= 0.6 is 0 Å². The molecule has 0 unspecified atom stereocenters. The molecule has 1 N–H and O–H groups in total. The van der Waals surface area contributed by atoms with Crippen molar-refractivity contribution in [3.05, 3.63) is 29.6 Å². The first-order valence-corrected chi connectivity index (χ1v) is 7.64. The van der Waals surface area contributed by atoms with Crippen LogP contribution in [0.5, 0.6) is 0 Å². The molecule has 1 heterocycles. The second kappa shape index (κ2) is 6.99. The molecule has 0 aromatic carbocycles. The Kier molecular flexibility index (Phi) is 5.63. The molecule has 1 aromatic heterocycles. The van der Waals surface area contributed by atoms with Crippen LogP contribution in [0.15, 0.2) is 18.3 Å². The lowest BCUT2D eigenvalue weighted by molar-refractivity contribution is 0.0593. The lowest BCUT2D eigenvalue weighted by Gasteiger charge is -2.06. The maximum absolute atomic E-state index is 11.7. The molecule has 0 saturated carbocycles. The molecule has 0 aliphatic rings. The van der Waals surface area contributed by atoms with Crippen LogP contribution in [0.2, 0.25) is 0 Å². The summed E-state index contributed by atoms with van der Waals surface area (Å²) in [5, 5.41) is 0. The highest BCUT2D eigenvalue weighted by atomic mass is 32.2. The predicted molar refractivity (Wildman–Crippen MR) is 71.7 cm³/mol. The molecule has 8 heteroatoms. The molecule has 0 aliphatic heterocycles. The van der Waals surface area contributed by atoms with E-state index < -0.39 is 21.9 Å². The highest BCUT2D eigenvalue weighted by molar-refractivity contribution is 7.90. The zero-order chi connectivity index (χ0) is 15.2. The molecule has 20 heavy (non-hydrogen) atoms. The van der Waals surface area contributed by atoms with E-state index in [1.54, 1.807) is 0 Å². The second-order valence-corrected chi connectivity index (χ2v) is 5.87. The van der Waals surface area contributed by atoms with Gasteiger partial charge in [-0.2, -0.15) is 0 Å². The van der Waals surface area contributed by atoms with Gasteiger partial charge in [0, 0.05) is 6.20 Å². The number of carbonyl (C=O) groups excluding carboxylic acids is 2. The number of methoxy groups -OCH3 is 1. The molecule has 1 rings (SSSR count). The minimum atomic E-state index is -3.64. The summed E-state index contributed by atoms with van der Waals surface area (Å²) < 4.78 is 29.5. The summed E-state index contributed by atoms with van der Waals surface area (Å²) >= 11 is 0. The molecule has 0 saturated heterocycles. The van der Waals surface area contributed by atoms with Crippen molar-refractivity contribution in [1.82, 2.24) is 9.71 Å². The number of pyridine rings is 1. The molecule has 0 bridgehead atoms. The van der Waals surface area contributed by atoms with Gasteiger partial charge in [0.05, 0.1) is 18.4 Å². The third-order valence-corrected chi connectivity index (χ3v) is 3.76. The summed E-state index contributed by atoms with van der Waals surface area (Å²) in [5.41, 5.74) is 0.0932. The smallest absolute Gasteiger partial charge is 0.356 e. The first kappa shape index (κ1) is 16.1. The first-order valence-electron chi connectivity index (χ1n) is 5.99. The fourth-order valence-electron chi connectivity index (χ4n) is 1.34. The van der Waals surface area contributed by atoms with Crippen LogP contribution < -0.4 is 4.72 Å². The molecule has 0 atom stereocenters.